The van der Waals surface area contributed by atoms with Crippen LogP contribution < -0.4 is 0 Å². The average molecular weight is 343 g/mol. The Morgan fingerprint density at radius 2 is 2.31 bits per heavy atom. The molecule has 1 atom stereocenters. The van der Waals surface area contributed by atoms with E-state index < -0.39 is 0 Å². The van der Waals surface area contributed by atoms with E-state index in [1.165, 1.54) is 0 Å². The second-order valence-corrected chi connectivity index (χ2v) is 6.29. The summed E-state index contributed by atoms with van der Waals surface area (Å²) in [5.74, 6) is -0.0375. The zero-order chi connectivity index (χ0) is 11.5. The smallest absolute Gasteiger partial charge is 0.172 e. The Balaban J connectivity index is 2.23. The van der Waals surface area contributed by atoms with Gasteiger partial charge >= 0.3 is 0 Å². The summed E-state index contributed by atoms with van der Waals surface area (Å²) in [6.45, 7) is 1.90. The van der Waals surface area contributed by atoms with E-state index in [-0.39, 0.29) is 11.7 Å². The summed E-state index contributed by atoms with van der Waals surface area (Å²) in [5, 5.41) is 1.91. The molecule has 0 saturated carbocycles. The quantitative estimate of drug-likeness (QED) is 0.628. The number of carbonyl (C=O) groups is 1. The van der Waals surface area contributed by atoms with Gasteiger partial charge in [-0.1, -0.05) is 6.07 Å². The number of hydrogen-bond donors (Lipinski definition) is 0. The summed E-state index contributed by atoms with van der Waals surface area (Å²) in [6, 6.07) is 7.57. The maximum absolute atomic E-state index is 12.1. The number of rotatable bonds is 3. The first-order valence-electron chi connectivity index (χ1n) is 4.87. The fraction of sp³-hybridized carbons (Fsp3) is 0.167. The van der Waals surface area contributed by atoms with Gasteiger partial charge in [-0.05, 0) is 47.7 Å². The first kappa shape index (κ1) is 11.7. The highest BCUT2D eigenvalue weighted by molar-refractivity contribution is 14.1. The highest BCUT2D eigenvalue weighted by Crippen LogP contribution is 2.23. The number of nitrogens with zero attached hydrogens (tertiary/aromatic N) is 1. The normalized spacial score (nSPS) is 12.4. The maximum Gasteiger partial charge on any atom is 0.172 e. The molecule has 0 aliphatic heterocycles. The Morgan fingerprint density at radius 3 is 2.88 bits per heavy atom. The van der Waals surface area contributed by atoms with Crippen LogP contribution in [0.3, 0.4) is 0 Å². The summed E-state index contributed by atoms with van der Waals surface area (Å²) < 4.78 is 1.13. The largest absolute Gasteiger partial charge is 0.293 e. The Labute approximate surface area is 112 Å². The molecule has 2 heterocycles. The molecular weight excluding hydrogens is 333 g/mol. The molecule has 2 aromatic rings. The molecule has 4 heteroatoms. The fourth-order valence-corrected chi connectivity index (χ4v) is 2.79. The van der Waals surface area contributed by atoms with Gasteiger partial charge in [0.15, 0.2) is 5.78 Å². The van der Waals surface area contributed by atoms with E-state index in [4.69, 9.17) is 0 Å². The van der Waals surface area contributed by atoms with Gasteiger partial charge in [-0.25, -0.2) is 0 Å². The van der Waals surface area contributed by atoms with E-state index in [2.05, 4.69) is 27.6 Å². The molecule has 2 aromatic heterocycles. The topological polar surface area (TPSA) is 30.0 Å². The predicted molar refractivity (Wildman–Crippen MR) is 74.0 cm³/mol. The third-order valence-corrected chi connectivity index (χ3v) is 4.17. The minimum absolute atomic E-state index is 0.137. The molecule has 0 fully saturated rings. The molecule has 0 aliphatic carbocycles. The van der Waals surface area contributed by atoms with E-state index in [0.717, 1.165) is 14.1 Å². The van der Waals surface area contributed by atoms with Crippen molar-refractivity contribution < 1.29 is 4.79 Å². The number of hydrogen-bond acceptors (Lipinski definition) is 3. The van der Waals surface area contributed by atoms with E-state index in [1.807, 2.05) is 36.6 Å². The number of thiophene rings is 1. The minimum Gasteiger partial charge on any atom is -0.293 e. The van der Waals surface area contributed by atoms with Crippen LogP contribution in [0, 0.1) is 2.88 Å². The van der Waals surface area contributed by atoms with Gasteiger partial charge in [0.1, 0.15) is 0 Å². The molecule has 2 rings (SSSR count). The second-order valence-electron chi connectivity index (χ2n) is 3.48. The van der Waals surface area contributed by atoms with E-state index >= 15 is 0 Å². The van der Waals surface area contributed by atoms with Crippen molar-refractivity contribution in [3.8, 4) is 0 Å². The van der Waals surface area contributed by atoms with Crippen LogP contribution in [0.1, 0.15) is 28.9 Å². The second kappa shape index (κ2) is 5.05. The predicted octanol–water partition coefficient (Wildman–Crippen LogP) is 3.73. The Morgan fingerprint density at radius 1 is 1.50 bits per heavy atom. The lowest BCUT2D eigenvalue weighted by Gasteiger charge is -2.07. The van der Waals surface area contributed by atoms with Gasteiger partial charge in [0, 0.05) is 17.1 Å². The highest BCUT2D eigenvalue weighted by atomic mass is 127. The van der Waals surface area contributed by atoms with E-state index in [1.54, 1.807) is 17.5 Å². The summed E-state index contributed by atoms with van der Waals surface area (Å²) in [4.78, 5) is 16.3. The molecule has 2 nitrogen and oxygen atoms in total. The van der Waals surface area contributed by atoms with Crippen molar-refractivity contribution in [1.29, 1.82) is 0 Å². The van der Waals surface area contributed by atoms with Crippen LogP contribution in [0.25, 0.3) is 0 Å². The zero-order valence-corrected chi connectivity index (χ0v) is 11.7. The Bertz CT molecular complexity index is 495. The van der Waals surface area contributed by atoms with Crippen LogP contribution in [0.2, 0.25) is 0 Å². The lowest BCUT2D eigenvalue weighted by Crippen LogP contribution is -2.09. The van der Waals surface area contributed by atoms with Crippen LogP contribution in [-0.2, 0) is 0 Å². The van der Waals surface area contributed by atoms with Crippen LogP contribution in [0.4, 0.5) is 0 Å². The molecule has 82 valence electrons. The Kier molecular flexibility index (Phi) is 3.70. The van der Waals surface area contributed by atoms with Crippen molar-refractivity contribution in [2.75, 3.05) is 0 Å². The lowest BCUT2D eigenvalue weighted by molar-refractivity contribution is 0.0965. The molecule has 0 bridgehead atoms. The molecule has 1 unspecified atom stereocenters. The van der Waals surface area contributed by atoms with Crippen molar-refractivity contribution in [1.82, 2.24) is 4.98 Å². The minimum atomic E-state index is -0.174. The summed E-state index contributed by atoms with van der Waals surface area (Å²) >= 11 is 3.81. The molecule has 0 saturated heterocycles. The van der Waals surface area contributed by atoms with Crippen molar-refractivity contribution in [3.05, 3.63) is 50.0 Å². The van der Waals surface area contributed by atoms with Gasteiger partial charge in [0.2, 0.25) is 0 Å². The van der Waals surface area contributed by atoms with Crippen molar-refractivity contribution in [3.63, 3.8) is 0 Å². The number of pyridine rings is 1. The molecular formula is C12H10INOS. The SMILES string of the molecule is CC(C(=O)c1csc(I)c1)c1ccccn1. The monoisotopic (exact) mass is 343 g/mol. The van der Waals surface area contributed by atoms with Crippen LogP contribution in [0.5, 0.6) is 0 Å². The Hall–Kier alpha value is -0.750. The number of ketones is 1. The molecule has 0 aliphatic rings. The fourth-order valence-electron chi connectivity index (χ4n) is 1.46. The average Bonchev–Trinajstić information content (AvgIpc) is 2.75. The maximum atomic E-state index is 12.1. The molecule has 0 radical (unpaired) electrons. The lowest BCUT2D eigenvalue weighted by atomic mass is 9.98. The molecule has 0 spiro atoms. The number of halogens is 1. The van der Waals surface area contributed by atoms with Crippen molar-refractivity contribution in [2.45, 2.75) is 12.8 Å². The first-order chi connectivity index (χ1) is 7.68. The third kappa shape index (κ3) is 2.49. The molecule has 0 N–H and O–H groups in total. The van der Waals surface area contributed by atoms with Crippen LogP contribution >= 0.6 is 33.9 Å². The third-order valence-electron chi connectivity index (χ3n) is 2.38. The van der Waals surface area contributed by atoms with Gasteiger partial charge in [-0.2, -0.15) is 0 Å². The standard InChI is InChI=1S/C12H10INOS/c1-8(10-4-2-3-5-14-10)12(15)9-6-11(13)16-7-9/h2-8H,1H3. The highest BCUT2D eigenvalue weighted by Gasteiger charge is 2.18. The molecule has 0 amide bonds. The number of aromatic nitrogens is 1. The number of carbonyl (C=O) groups excluding carboxylic acids is 1. The zero-order valence-electron chi connectivity index (χ0n) is 8.68. The summed E-state index contributed by atoms with van der Waals surface area (Å²) in [6.07, 6.45) is 1.72. The van der Waals surface area contributed by atoms with Gasteiger partial charge < -0.3 is 0 Å². The number of Topliss-reactive ketones (excluding diaryl/α,β-unsaturated/α-hetero) is 1. The van der Waals surface area contributed by atoms with Crippen LogP contribution in [0.15, 0.2) is 35.8 Å². The van der Waals surface area contributed by atoms with Gasteiger partial charge in [-0.3, -0.25) is 9.78 Å². The van der Waals surface area contributed by atoms with E-state index in [9.17, 15) is 4.79 Å². The van der Waals surface area contributed by atoms with Crippen LogP contribution in [-0.4, -0.2) is 10.8 Å². The van der Waals surface area contributed by atoms with E-state index in [0.29, 0.717) is 0 Å². The first-order valence-corrected chi connectivity index (χ1v) is 6.83. The van der Waals surface area contributed by atoms with Gasteiger partial charge in [-0.15, -0.1) is 11.3 Å². The summed E-state index contributed by atoms with van der Waals surface area (Å²) in [7, 11) is 0. The molecule has 0 aromatic carbocycles. The van der Waals surface area contributed by atoms with Gasteiger partial charge in [0.05, 0.1) is 14.5 Å². The van der Waals surface area contributed by atoms with Crippen molar-refractivity contribution in [2.24, 2.45) is 0 Å². The van der Waals surface area contributed by atoms with Crippen molar-refractivity contribution >= 4 is 39.7 Å². The molecule has 16 heavy (non-hydrogen) atoms. The summed E-state index contributed by atoms with van der Waals surface area (Å²) in [5.41, 5.74) is 1.61. The van der Waals surface area contributed by atoms with Gasteiger partial charge in [0.25, 0.3) is 0 Å².